The fourth-order valence-electron chi connectivity index (χ4n) is 3.43. The number of aromatic nitrogens is 1. The molecule has 1 aliphatic heterocycles. The molecule has 0 spiro atoms. The number of guanidine groups is 1. The topological polar surface area (TPSA) is 55.8 Å². The number of nitrogens with one attached hydrogen (secondary N) is 2. The molecule has 0 amide bonds. The third-order valence-corrected chi connectivity index (χ3v) is 6.09. The van der Waals surface area contributed by atoms with E-state index in [-0.39, 0.29) is 24.0 Å². The van der Waals surface area contributed by atoms with E-state index in [4.69, 9.17) is 4.99 Å². The van der Waals surface area contributed by atoms with Gasteiger partial charge in [0.15, 0.2) is 5.96 Å². The van der Waals surface area contributed by atoms with E-state index in [0.717, 1.165) is 43.7 Å². The van der Waals surface area contributed by atoms with Crippen molar-refractivity contribution in [3.05, 3.63) is 51.5 Å². The van der Waals surface area contributed by atoms with Crippen LogP contribution in [0, 0.1) is 6.92 Å². The van der Waals surface area contributed by atoms with Gasteiger partial charge in [0.2, 0.25) is 0 Å². The number of aryl methyl sites for hydroxylation is 1. The molecule has 6 nitrogen and oxygen atoms in total. The number of halogens is 1. The zero-order valence-corrected chi connectivity index (χ0v) is 21.5. The fraction of sp³-hybridized carbons (Fsp3) is 0.545. The van der Waals surface area contributed by atoms with E-state index in [0.29, 0.717) is 13.1 Å². The predicted molar refractivity (Wildman–Crippen MR) is 138 cm³/mol. The van der Waals surface area contributed by atoms with E-state index < -0.39 is 0 Å². The van der Waals surface area contributed by atoms with E-state index in [1.54, 1.807) is 11.3 Å². The van der Waals surface area contributed by atoms with Gasteiger partial charge in [0, 0.05) is 50.3 Å². The van der Waals surface area contributed by atoms with E-state index in [1.165, 1.54) is 29.1 Å². The van der Waals surface area contributed by atoms with Crippen LogP contribution < -0.4 is 10.6 Å². The summed E-state index contributed by atoms with van der Waals surface area (Å²) in [4.78, 5) is 15.4. The zero-order chi connectivity index (χ0) is 20.5. The normalized spacial score (nSPS) is 15.6. The second-order valence-electron chi connectivity index (χ2n) is 7.44. The summed E-state index contributed by atoms with van der Waals surface area (Å²) >= 11 is 1.72. The second kappa shape index (κ2) is 13.2. The Hall–Kier alpha value is -1.23. The predicted octanol–water partition coefficient (Wildman–Crippen LogP) is 3.46. The van der Waals surface area contributed by atoms with Crippen LogP contribution in [0.15, 0.2) is 35.5 Å². The minimum absolute atomic E-state index is 0. The lowest BCUT2D eigenvalue weighted by molar-refractivity contribution is 0.132. The number of aliphatic imine (C=N–C) groups is 1. The lowest BCUT2D eigenvalue weighted by Gasteiger charge is -2.34. The van der Waals surface area contributed by atoms with Gasteiger partial charge in [-0.1, -0.05) is 31.2 Å². The number of thiazole rings is 1. The van der Waals surface area contributed by atoms with Crippen molar-refractivity contribution in [2.45, 2.75) is 40.4 Å². The van der Waals surface area contributed by atoms with Crippen LogP contribution in [0.25, 0.3) is 0 Å². The largest absolute Gasteiger partial charge is 0.357 e. The highest BCUT2D eigenvalue weighted by molar-refractivity contribution is 14.0. The summed E-state index contributed by atoms with van der Waals surface area (Å²) in [6.45, 7) is 15.5. The molecule has 1 aromatic heterocycles. The molecule has 1 aliphatic rings. The molecule has 2 heterocycles. The summed E-state index contributed by atoms with van der Waals surface area (Å²) < 4.78 is 0. The van der Waals surface area contributed by atoms with Gasteiger partial charge in [0.25, 0.3) is 0 Å². The molecule has 3 rings (SSSR count). The van der Waals surface area contributed by atoms with Crippen LogP contribution in [0.5, 0.6) is 0 Å². The third-order valence-electron chi connectivity index (χ3n) is 5.18. The van der Waals surface area contributed by atoms with Crippen LogP contribution in [-0.4, -0.2) is 60.0 Å². The molecule has 2 aromatic rings. The van der Waals surface area contributed by atoms with Gasteiger partial charge in [-0.2, -0.15) is 0 Å². The lowest BCUT2D eigenvalue weighted by Crippen LogP contribution is -2.45. The maximum atomic E-state index is 4.72. The summed E-state index contributed by atoms with van der Waals surface area (Å²) in [7, 11) is 0. The molecule has 1 saturated heterocycles. The van der Waals surface area contributed by atoms with E-state index in [1.807, 2.05) is 6.20 Å². The molecule has 1 aromatic carbocycles. The first-order chi connectivity index (χ1) is 14.2. The van der Waals surface area contributed by atoms with Crippen LogP contribution in [0.2, 0.25) is 0 Å². The lowest BCUT2D eigenvalue weighted by atomic mass is 10.1. The second-order valence-corrected chi connectivity index (χ2v) is 8.76. The average molecular weight is 543 g/mol. The summed E-state index contributed by atoms with van der Waals surface area (Å²) in [6, 6.07) is 8.90. The van der Waals surface area contributed by atoms with Gasteiger partial charge in [-0.15, -0.1) is 35.3 Å². The number of benzene rings is 1. The maximum absolute atomic E-state index is 4.72. The van der Waals surface area contributed by atoms with Crippen molar-refractivity contribution < 1.29 is 0 Å². The molecule has 1 fully saturated rings. The first-order valence-electron chi connectivity index (χ1n) is 10.6. The SMILES string of the molecule is CCNC(=NCc1ccc(CN2CCN(CC)CC2)cc1)NCc1ncc(C)s1.I. The summed E-state index contributed by atoms with van der Waals surface area (Å²) in [5.74, 6) is 0.832. The Morgan fingerprint density at radius 1 is 1.03 bits per heavy atom. The summed E-state index contributed by atoms with van der Waals surface area (Å²) in [5, 5.41) is 7.76. The number of hydrogen-bond acceptors (Lipinski definition) is 5. The van der Waals surface area contributed by atoms with Crippen molar-refractivity contribution in [1.82, 2.24) is 25.4 Å². The first kappa shape index (κ1) is 25.0. The van der Waals surface area contributed by atoms with Gasteiger partial charge in [0.05, 0.1) is 13.1 Å². The molecule has 0 aliphatic carbocycles. The van der Waals surface area contributed by atoms with Gasteiger partial charge < -0.3 is 15.5 Å². The average Bonchev–Trinajstić information content (AvgIpc) is 3.17. The number of rotatable bonds is 8. The molecule has 0 atom stereocenters. The van der Waals surface area contributed by atoms with Gasteiger partial charge in [-0.05, 0) is 31.5 Å². The molecular weight excluding hydrogens is 507 g/mol. The van der Waals surface area contributed by atoms with Crippen molar-refractivity contribution in [3.63, 3.8) is 0 Å². The Balaban J connectivity index is 0.00000320. The smallest absolute Gasteiger partial charge is 0.191 e. The molecular formula is C22H35IN6S. The highest BCUT2D eigenvalue weighted by Gasteiger charge is 2.15. The molecule has 0 saturated carbocycles. The van der Waals surface area contributed by atoms with Crippen molar-refractivity contribution in [3.8, 4) is 0 Å². The van der Waals surface area contributed by atoms with Gasteiger partial charge in [-0.25, -0.2) is 9.98 Å². The van der Waals surface area contributed by atoms with E-state index >= 15 is 0 Å². The van der Waals surface area contributed by atoms with Gasteiger partial charge in [0.1, 0.15) is 5.01 Å². The first-order valence-corrected chi connectivity index (χ1v) is 11.4. The molecule has 30 heavy (non-hydrogen) atoms. The van der Waals surface area contributed by atoms with E-state index in [9.17, 15) is 0 Å². The Labute approximate surface area is 202 Å². The molecule has 0 radical (unpaired) electrons. The molecule has 166 valence electrons. The zero-order valence-electron chi connectivity index (χ0n) is 18.4. The van der Waals surface area contributed by atoms with Crippen LogP contribution in [0.4, 0.5) is 0 Å². The van der Waals surface area contributed by atoms with Crippen LogP contribution >= 0.6 is 35.3 Å². The van der Waals surface area contributed by atoms with Gasteiger partial charge in [-0.3, -0.25) is 4.90 Å². The third kappa shape index (κ3) is 8.13. The quantitative estimate of drug-likeness (QED) is 0.304. The molecule has 0 bridgehead atoms. The van der Waals surface area contributed by atoms with Crippen molar-refractivity contribution in [1.29, 1.82) is 0 Å². The van der Waals surface area contributed by atoms with Crippen molar-refractivity contribution in [2.75, 3.05) is 39.3 Å². The monoisotopic (exact) mass is 542 g/mol. The number of likely N-dealkylation sites (N-methyl/N-ethyl adjacent to an activating group) is 1. The maximum Gasteiger partial charge on any atom is 0.191 e. The minimum Gasteiger partial charge on any atom is -0.357 e. The fourth-order valence-corrected chi connectivity index (χ4v) is 4.15. The van der Waals surface area contributed by atoms with Crippen molar-refractivity contribution in [2.24, 2.45) is 4.99 Å². The Morgan fingerprint density at radius 2 is 1.70 bits per heavy atom. The minimum atomic E-state index is 0. The van der Waals surface area contributed by atoms with Crippen LogP contribution in [0.1, 0.15) is 34.9 Å². The number of hydrogen-bond donors (Lipinski definition) is 2. The van der Waals surface area contributed by atoms with E-state index in [2.05, 4.69) is 70.5 Å². The van der Waals surface area contributed by atoms with Crippen molar-refractivity contribution >= 4 is 41.3 Å². The highest BCUT2D eigenvalue weighted by Crippen LogP contribution is 2.12. The molecule has 2 N–H and O–H groups in total. The number of nitrogens with zero attached hydrogens (tertiary/aromatic N) is 4. The Kier molecular flexibility index (Phi) is 11.0. The van der Waals surface area contributed by atoms with Gasteiger partial charge >= 0.3 is 0 Å². The van der Waals surface area contributed by atoms with Crippen LogP contribution in [-0.2, 0) is 19.6 Å². The Bertz CT molecular complexity index is 768. The molecule has 8 heteroatoms. The van der Waals surface area contributed by atoms with Crippen LogP contribution in [0.3, 0.4) is 0 Å². The Morgan fingerprint density at radius 3 is 2.30 bits per heavy atom. The number of piperazine rings is 1. The molecule has 0 unspecified atom stereocenters. The summed E-state index contributed by atoms with van der Waals surface area (Å²) in [6.07, 6.45) is 1.91. The summed E-state index contributed by atoms with van der Waals surface area (Å²) in [5.41, 5.74) is 2.61. The highest BCUT2D eigenvalue weighted by atomic mass is 127. The standard InChI is InChI=1S/C22H34N6S.HI/c1-4-23-22(26-16-21-24-14-18(3)29-21)25-15-19-6-8-20(9-7-19)17-28-12-10-27(5-2)11-13-28;/h6-9,14H,4-5,10-13,15-17H2,1-3H3,(H2,23,25,26);1H.